The molecule has 1 aromatic rings. The van der Waals surface area contributed by atoms with E-state index < -0.39 is 26.8 Å². The third-order valence-electron chi connectivity index (χ3n) is 6.21. The van der Waals surface area contributed by atoms with E-state index in [4.69, 9.17) is 14.6 Å². The van der Waals surface area contributed by atoms with E-state index in [1.54, 1.807) is 0 Å². The highest BCUT2D eigenvalue weighted by Crippen LogP contribution is 2.27. The van der Waals surface area contributed by atoms with Crippen molar-refractivity contribution in [1.82, 2.24) is 4.31 Å². The number of hydrogen-bond donors (Lipinski definition) is 1. The Balaban J connectivity index is 2.43. The number of allylic oxidation sites excluding steroid dienone is 1. The first-order valence-corrected chi connectivity index (χ1v) is 15.6. The van der Waals surface area contributed by atoms with E-state index in [9.17, 15) is 23.3 Å². The maximum absolute atomic E-state index is 13.3. The molecule has 39 heavy (non-hydrogen) atoms. The highest BCUT2D eigenvalue weighted by molar-refractivity contribution is 7.89. The molecule has 0 heterocycles. The summed E-state index contributed by atoms with van der Waals surface area (Å²) in [5, 5.41) is 20.4. The molecule has 1 rings (SSSR count). The van der Waals surface area contributed by atoms with Gasteiger partial charge in [0, 0.05) is 25.8 Å². The molecule has 0 fully saturated rings. The van der Waals surface area contributed by atoms with Crippen LogP contribution in [-0.4, -0.2) is 61.8 Å². The van der Waals surface area contributed by atoms with Crippen LogP contribution in [0.25, 0.3) is 0 Å². The van der Waals surface area contributed by atoms with E-state index >= 15 is 0 Å². The van der Waals surface area contributed by atoms with Crippen LogP contribution in [0, 0.1) is 10.1 Å². The molecule has 0 spiro atoms. The number of sulfonamides is 1. The highest BCUT2D eigenvalue weighted by atomic mass is 32.2. The molecule has 0 aliphatic carbocycles. The lowest BCUT2D eigenvalue weighted by Crippen LogP contribution is -2.33. The number of carbonyl (C=O) groups excluding carboxylic acids is 1. The van der Waals surface area contributed by atoms with E-state index in [-0.39, 0.29) is 37.8 Å². The van der Waals surface area contributed by atoms with Crippen molar-refractivity contribution >= 4 is 21.9 Å². The molecule has 0 amide bonds. The number of carbonyl (C=O) groups is 1. The number of nitro groups is 1. The first-order valence-electron chi connectivity index (χ1n) is 14.1. The Morgan fingerprint density at radius 2 is 1.56 bits per heavy atom. The van der Waals surface area contributed by atoms with Crippen molar-refractivity contribution in [2.45, 2.75) is 95.3 Å². The molecule has 0 aliphatic rings. The molecule has 0 aromatic heterocycles. The molecule has 0 aliphatic heterocycles. The normalized spacial score (nSPS) is 11.8. The number of nitrogens with zero attached hydrogens (tertiary/aromatic N) is 2. The number of benzene rings is 1. The molecule has 222 valence electrons. The van der Waals surface area contributed by atoms with Gasteiger partial charge >= 0.3 is 6.16 Å². The second-order valence-corrected chi connectivity index (χ2v) is 11.3. The summed E-state index contributed by atoms with van der Waals surface area (Å²) in [5.41, 5.74) is -0.436. The van der Waals surface area contributed by atoms with Crippen molar-refractivity contribution in [2.24, 2.45) is 0 Å². The predicted molar refractivity (Wildman–Crippen MR) is 151 cm³/mol. The lowest BCUT2D eigenvalue weighted by Gasteiger charge is -2.22. The van der Waals surface area contributed by atoms with Crippen LogP contribution in [0.2, 0.25) is 0 Å². The minimum atomic E-state index is -4.05. The third kappa shape index (κ3) is 15.0. The Hall–Kier alpha value is -2.50. The van der Waals surface area contributed by atoms with Gasteiger partial charge in [0.15, 0.2) is 4.90 Å². The molecule has 1 N–H and O–H groups in total. The molecule has 1 aromatic carbocycles. The molecule has 0 atom stereocenters. The van der Waals surface area contributed by atoms with Crippen molar-refractivity contribution in [3.63, 3.8) is 0 Å². The molecule has 0 unspecified atom stereocenters. The quantitative estimate of drug-likeness (QED) is 0.0526. The van der Waals surface area contributed by atoms with Crippen LogP contribution in [0.4, 0.5) is 10.5 Å². The van der Waals surface area contributed by atoms with Crippen LogP contribution < -0.4 is 0 Å². The third-order valence-corrected chi connectivity index (χ3v) is 8.15. The largest absolute Gasteiger partial charge is 0.508 e. The summed E-state index contributed by atoms with van der Waals surface area (Å²) in [6.07, 6.45) is 14.3. The van der Waals surface area contributed by atoms with Gasteiger partial charge in [-0.15, -0.1) is 0 Å². The Bertz CT molecular complexity index is 953. The maximum Gasteiger partial charge on any atom is 0.508 e. The SMILES string of the molecule is CCCCCC/C=C\COC(=O)OCCCCCCN(CCCCCCO)S(=O)(=O)c1ccccc1[N+](=O)[O-]. The Kier molecular flexibility index (Phi) is 18.9. The number of nitro benzene ring substituents is 1. The summed E-state index contributed by atoms with van der Waals surface area (Å²) in [7, 11) is -4.05. The molecule has 11 heteroatoms. The van der Waals surface area contributed by atoms with Gasteiger partial charge in [0.25, 0.3) is 5.69 Å². The first-order chi connectivity index (χ1) is 18.8. The van der Waals surface area contributed by atoms with Gasteiger partial charge < -0.3 is 14.6 Å². The molecule has 0 saturated heterocycles. The van der Waals surface area contributed by atoms with E-state index in [1.807, 2.05) is 12.2 Å². The van der Waals surface area contributed by atoms with E-state index in [1.165, 1.54) is 47.8 Å². The summed E-state index contributed by atoms with van der Waals surface area (Å²) in [6, 6.07) is 5.39. The zero-order valence-corrected chi connectivity index (χ0v) is 24.1. The Morgan fingerprint density at radius 3 is 2.23 bits per heavy atom. The summed E-state index contributed by atoms with van der Waals surface area (Å²) < 4.78 is 38.0. The number of aliphatic hydroxyl groups excluding tert-OH is 1. The van der Waals surface area contributed by atoms with Gasteiger partial charge in [-0.3, -0.25) is 10.1 Å². The monoisotopic (exact) mass is 570 g/mol. The van der Waals surface area contributed by atoms with E-state index in [0.717, 1.165) is 32.1 Å². The van der Waals surface area contributed by atoms with Crippen LogP contribution in [0.15, 0.2) is 41.3 Å². The molecular weight excluding hydrogens is 524 g/mol. The molecule has 10 nitrogen and oxygen atoms in total. The van der Waals surface area contributed by atoms with Crippen molar-refractivity contribution in [3.05, 3.63) is 46.5 Å². The summed E-state index contributed by atoms with van der Waals surface area (Å²) in [5.74, 6) is 0. The van der Waals surface area contributed by atoms with Crippen molar-refractivity contribution < 1.29 is 32.7 Å². The summed E-state index contributed by atoms with van der Waals surface area (Å²) in [4.78, 5) is 22.1. The number of hydrogen-bond acceptors (Lipinski definition) is 8. The number of ether oxygens (including phenoxy) is 2. The zero-order valence-electron chi connectivity index (χ0n) is 23.3. The average molecular weight is 571 g/mol. The molecule has 0 saturated carbocycles. The van der Waals surface area contributed by atoms with E-state index in [0.29, 0.717) is 32.1 Å². The predicted octanol–water partition coefficient (Wildman–Crippen LogP) is 6.38. The lowest BCUT2D eigenvalue weighted by atomic mass is 10.1. The van der Waals surface area contributed by atoms with Gasteiger partial charge in [0.1, 0.15) is 6.61 Å². The summed E-state index contributed by atoms with van der Waals surface area (Å²) in [6.45, 7) is 3.17. The second kappa shape index (κ2) is 21.3. The minimum Gasteiger partial charge on any atom is -0.434 e. The van der Waals surface area contributed by atoms with Crippen molar-refractivity contribution in [1.29, 1.82) is 0 Å². The molecule has 0 bridgehead atoms. The van der Waals surface area contributed by atoms with Gasteiger partial charge in [-0.25, -0.2) is 13.2 Å². The zero-order chi connectivity index (χ0) is 28.8. The fourth-order valence-electron chi connectivity index (χ4n) is 4.00. The topological polar surface area (TPSA) is 136 Å². The van der Waals surface area contributed by atoms with Gasteiger partial charge in [-0.1, -0.05) is 76.2 Å². The number of para-hydroxylation sites is 1. The van der Waals surface area contributed by atoms with Crippen molar-refractivity contribution in [2.75, 3.05) is 32.9 Å². The minimum absolute atomic E-state index is 0.0932. The standard InChI is InChI=1S/C28H46N2O8S/c1-2-3-4-5-6-10-17-24-37-28(32)38-25-18-11-8-15-22-29(21-14-7-9-16-23-31)39(35,36)27-20-13-12-19-26(27)30(33)34/h10,12-13,17,19-20,31H,2-9,11,14-16,18,21-25H2,1H3/b17-10-. The van der Waals surface area contributed by atoms with Crippen LogP contribution >= 0.6 is 0 Å². The van der Waals surface area contributed by atoms with Crippen LogP contribution in [0.3, 0.4) is 0 Å². The first kappa shape index (κ1) is 34.5. The van der Waals surface area contributed by atoms with Gasteiger partial charge in [0.05, 0.1) is 11.5 Å². The highest BCUT2D eigenvalue weighted by Gasteiger charge is 2.30. The van der Waals surface area contributed by atoms with Gasteiger partial charge in [0.2, 0.25) is 10.0 Å². The Labute approximate surface area is 233 Å². The number of rotatable bonds is 23. The van der Waals surface area contributed by atoms with E-state index in [2.05, 4.69) is 6.92 Å². The lowest BCUT2D eigenvalue weighted by molar-refractivity contribution is -0.387. The second-order valence-electron chi connectivity index (χ2n) is 9.41. The number of unbranched alkanes of at least 4 members (excludes halogenated alkanes) is 10. The Morgan fingerprint density at radius 1 is 0.923 bits per heavy atom. The van der Waals surface area contributed by atoms with Crippen LogP contribution in [0.5, 0.6) is 0 Å². The van der Waals surface area contributed by atoms with Crippen LogP contribution in [-0.2, 0) is 19.5 Å². The molecular formula is C28H46N2O8S. The van der Waals surface area contributed by atoms with Gasteiger partial charge in [-0.2, -0.15) is 4.31 Å². The van der Waals surface area contributed by atoms with Gasteiger partial charge in [-0.05, 0) is 44.6 Å². The fraction of sp³-hybridized carbons (Fsp3) is 0.679. The maximum atomic E-state index is 13.3. The van der Waals surface area contributed by atoms with Crippen LogP contribution in [0.1, 0.15) is 90.4 Å². The fourth-order valence-corrected chi connectivity index (χ4v) is 5.68. The summed E-state index contributed by atoms with van der Waals surface area (Å²) >= 11 is 0. The molecule has 0 radical (unpaired) electrons. The number of aliphatic hydroxyl groups is 1. The van der Waals surface area contributed by atoms with Crippen molar-refractivity contribution in [3.8, 4) is 0 Å². The smallest absolute Gasteiger partial charge is 0.434 e. The average Bonchev–Trinajstić information content (AvgIpc) is 2.92.